The molecule has 1 saturated heterocycles. The molecule has 2 aromatic carbocycles. The van der Waals surface area contributed by atoms with E-state index in [0.29, 0.717) is 31.9 Å². The number of sulfone groups is 1. The normalized spacial score (nSPS) is 16.6. The van der Waals surface area contributed by atoms with Gasteiger partial charge in [0.15, 0.2) is 9.84 Å². The van der Waals surface area contributed by atoms with Crippen molar-refractivity contribution in [3.05, 3.63) is 59.9 Å². The van der Waals surface area contributed by atoms with E-state index in [1.807, 2.05) is 0 Å². The summed E-state index contributed by atoms with van der Waals surface area (Å²) >= 11 is 0. The third-order valence-electron chi connectivity index (χ3n) is 4.97. The van der Waals surface area contributed by atoms with E-state index in [2.05, 4.69) is 5.32 Å². The SMILES string of the molecule is CC(C(=O)NCc1ccc(S(=O)(=O)N2CCOCC2)cc1)S(=O)(=O)c1ccc(F)cc1. The Balaban J connectivity index is 1.63. The number of nitrogens with one attached hydrogen (secondary N) is 1. The fourth-order valence-electron chi connectivity index (χ4n) is 3.02. The number of amides is 1. The van der Waals surface area contributed by atoms with Crippen molar-refractivity contribution in [1.82, 2.24) is 9.62 Å². The molecule has 1 amide bonds. The van der Waals surface area contributed by atoms with Crippen LogP contribution in [0.5, 0.6) is 0 Å². The predicted molar refractivity (Wildman–Crippen MR) is 111 cm³/mol. The molecule has 11 heteroatoms. The van der Waals surface area contributed by atoms with Gasteiger partial charge in [0.1, 0.15) is 11.1 Å². The lowest BCUT2D eigenvalue weighted by Crippen LogP contribution is -2.40. The third-order valence-corrected chi connectivity index (χ3v) is 8.96. The van der Waals surface area contributed by atoms with E-state index < -0.39 is 36.8 Å². The minimum absolute atomic E-state index is 0.0278. The topological polar surface area (TPSA) is 110 Å². The van der Waals surface area contributed by atoms with E-state index in [9.17, 15) is 26.0 Å². The first kappa shape index (κ1) is 23.3. The fraction of sp³-hybridized carbons (Fsp3) is 0.350. The van der Waals surface area contributed by atoms with Crippen LogP contribution in [-0.2, 0) is 35.9 Å². The van der Waals surface area contributed by atoms with Crippen molar-refractivity contribution in [3.8, 4) is 0 Å². The van der Waals surface area contributed by atoms with Gasteiger partial charge >= 0.3 is 0 Å². The predicted octanol–water partition coefficient (Wildman–Crippen LogP) is 1.33. The molecule has 0 saturated carbocycles. The highest BCUT2D eigenvalue weighted by atomic mass is 32.2. The van der Waals surface area contributed by atoms with Crippen LogP contribution in [0.2, 0.25) is 0 Å². The lowest BCUT2D eigenvalue weighted by atomic mass is 10.2. The maximum Gasteiger partial charge on any atom is 0.243 e. The van der Waals surface area contributed by atoms with Crippen LogP contribution in [0.15, 0.2) is 58.3 Å². The van der Waals surface area contributed by atoms with Gasteiger partial charge in [0.05, 0.1) is 23.0 Å². The molecule has 0 radical (unpaired) electrons. The Morgan fingerprint density at radius 2 is 1.55 bits per heavy atom. The number of nitrogens with zero attached hydrogens (tertiary/aromatic N) is 1. The van der Waals surface area contributed by atoms with Crippen LogP contribution in [0, 0.1) is 5.82 Å². The molecule has 1 heterocycles. The van der Waals surface area contributed by atoms with Crippen molar-refractivity contribution in [1.29, 1.82) is 0 Å². The molecule has 168 valence electrons. The summed E-state index contributed by atoms with van der Waals surface area (Å²) in [5, 5.41) is 1.16. The summed E-state index contributed by atoms with van der Waals surface area (Å²) in [6.45, 7) is 2.57. The van der Waals surface area contributed by atoms with Crippen molar-refractivity contribution in [2.75, 3.05) is 26.3 Å². The molecule has 1 atom stereocenters. The zero-order valence-corrected chi connectivity index (χ0v) is 18.5. The van der Waals surface area contributed by atoms with E-state index >= 15 is 0 Å². The number of hydrogen-bond acceptors (Lipinski definition) is 6. The summed E-state index contributed by atoms with van der Waals surface area (Å²) in [7, 11) is -7.59. The largest absolute Gasteiger partial charge is 0.379 e. The van der Waals surface area contributed by atoms with Crippen molar-refractivity contribution in [3.63, 3.8) is 0 Å². The van der Waals surface area contributed by atoms with Gasteiger partial charge in [0.2, 0.25) is 15.9 Å². The van der Waals surface area contributed by atoms with E-state index in [4.69, 9.17) is 4.74 Å². The van der Waals surface area contributed by atoms with Crippen LogP contribution in [0.3, 0.4) is 0 Å². The summed E-state index contributed by atoms with van der Waals surface area (Å²) < 4.78 is 69.9. The lowest BCUT2D eigenvalue weighted by molar-refractivity contribution is -0.120. The number of carbonyl (C=O) groups is 1. The average Bonchev–Trinajstić information content (AvgIpc) is 2.78. The van der Waals surface area contributed by atoms with Crippen LogP contribution in [0.4, 0.5) is 4.39 Å². The van der Waals surface area contributed by atoms with Gasteiger partial charge in [-0.2, -0.15) is 4.31 Å². The van der Waals surface area contributed by atoms with E-state index in [1.165, 1.54) is 23.4 Å². The first-order valence-corrected chi connectivity index (χ1v) is 12.5. The van der Waals surface area contributed by atoms with Gasteiger partial charge in [-0.3, -0.25) is 4.79 Å². The Hall–Kier alpha value is -2.34. The van der Waals surface area contributed by atoms with Gasteiger partial charge in [-0.25, -0.2) is 21.2 Å². The second-order valence-corrected chi connectivity index (χ2v) is 11.2. The second kappa shape index (κ2) is 9.43. The molecule has 0 spiro atoms. The van der Waals surface area contributed by atoms with Crippen molar-refractivity contribution in [2.45, 2.75) is 28.5 Å². The first-order valence-electron chi connectivity index (χ1n) is 9.56. The molecule has 2 aromatic rings. The lowest BCUT2D eigenvalue weighted by Gasteiger charge is -2.26. The Bertz CT molecular complexity index is 1130. The number of rotatable bonds is 7. The van der Waals surface area contributed by atoms with Crippen LogP contribution in [-0.4, -0.2) is 58.6 Å². The van der Waals surface area contributed by atoms with Crippen LogP contribution < -0.4 is 5.32 Å². The summed E-state index contributed by atoms with van der Waals surface area (Å²) in [4.78, 5) is 12.3. The van der Waals surface area contributed by atoms with Crippen LogP contribution >= 0.6 is 0 Å². The Kier molecular flexibility index (Phi) is 7.10. The fourth-order valence-corrected chi connectivity index (χ4v) is 5.71. The Labute approximate surface area is 181 Å². The smallest absolute Gasteiger partial charge is 0.243 e. The molecule has 3 rings (SSSR count). The number of sulfonamides is 1. The maximum absolute atomic E-state index is 13.0. The number of ether oxygens (including phenoxy) is 1. The molecule has 0 bridgehead atoms. The first-order chi connectivity index (χ1) is 14.6. The van der Waals surface area contributed by atoms with Gasteiger partial charge in [-0.1, -0.05) is 12.1 Å². The Morgan fingerprint density at radius 1 is 1.00 bits per heavy atom. The molecule has 1 aliphatic rings. The maximum atomic E-state index is 13.0. The van der Waals surface area contributed by atoms with E-state index in [0.717, 1.165) is 24.3 Å². The number of hydrogen-bond donors (Lipinski definition) is 1. The number of halogens is 1. The molecule has 0 aromatic heterocycles. The number of carbonyl (C=O) groups excluding carboxylic acids is 1. The highest BCUT2D eigenvalue weighted by molar-refractivity contribution is 7.92. The van der Waals surface area contributed by atoms with E-state index in [-0.39, 0.29) is 16.3 Å². The summed E-state index contributed by atoms with van der Waals surface area (Å²) in [5.41, 5.74) is 0.612. The van der Waals surface area contributed by atoms with Crippen molar-refractivity contribution in [2.24, 2.45) is 0 Å². The molecule has 1 aliphatic heterocycles. The average molecular weight is 471 g/mol. The molecular formula is C20H23FN2O6S2. The highest BCUT2D eigenvalue weighted by Gasteiger charge is 2.30. The van der Waals surface area contributed by atoms with Gasteiger partial charge in [-0.15, -0.1) is 0 Å². The monoisotopic (exact) mass is 470 g/mol. The van der Waals surface area contributed by atoms with Crippen molar-refractivity contribution >= 4 is 25.8 Å². The quantitative estimate of drug-likeness (QED) is 0.612. The van der Waals surface area contributed by atoms with Gasteiger partial charge in [0, 0.05) is 19.6 Å². The molecule has 1 fully saturated rings. The molecule has 1 N–H and O–H groups in total. The highest BCUT2D eigenvalue weighted by Crippen LogP contribution is 2.19. The van der Waals surface area contributed by atoms with Gasteiger partial charge in [0.25, 0.3) is 0 Å². The van der Waals surface area contributed by atoms with Crippen molar-refractivity contribution < 1.29 is 30.8 Å². The van der Waals surface area contributed by atoms with Gasteiger partial charge < -0.3 is 10.1 Å². The molecule has 8 nitrogen and oxygen atoms in total. The van der Waals surface area contributed by atoms with Crippen LogP contribution in [0.1, 0.15) is 12.5 Å². The number of benzene rings is 2. The Morgan fingerprint density at radius 3 is 2.13 bits per heavy atom. The van der Waals surface area contributed by atoms with Crippen LogP contribution in [0.25, 0.3) is 0 Å². The molecule has 31 heavy (non-hydrogen) atoms. The van der Waals surface area contributed by atoms with Gasteiger partial charge in [-0.05, 0) is 48.9 Å². The molecule has 0 aliphatic carbocycles. The van der Waals surface area contributed by atoms with E-state index in [1.54, 1.807) is 12.1 Å². The molecular weight excluding hydrogens is 447 g/mol. The zero-order valence-electron chi connectivity index (χ0n) is 16.8. The minimum Gasteiger partial charge on any atom is -0.379 e. The standard InChI is InChI=1S/C20H23FN2O6S2/c1-15(30(25,26)18-8-4-17(21)5-9-18)20(24)22-14-16-2-6-19(7-3-16)31(27,28)23-10-12-29-13-11-23/h2-9,15H,10-14H2,1H3,(H,22,24). The summed E-state index contributed by atoms with van der Waals surface area (Å²) in [5.74, 6) is -1.29. The third kappa shape index (κ3) is 5.29. The minimum atomic E-state index is -3.97. The number of morpholine rings is 1. The zero-order chi connectivity index (χ0) is 22.6. The molecule has 1 unspecified atom stereocenters. The summed E-state index contributed by atoms with van der Waals surface area (Å²) in [6.07, 6.45) is 0. The summed E-state index contributed by atoms with van der Waals surface area (Å²) in [6, 6.07) is 10.3. The second-order valence-electron chi connectivity index (χ2n) is 7.02.